The van der Waals surface area contributed by atoms with Gasteiger partial charge in [-0.3, -0.25) is 0 Å². The average Bonchev–Trinajstić information content (AvgIpc) is 2.06. The number of hydrogen-bond donors (Lipinski definition) is 0. The highest BCUT2D eigenvalue weighted by molar-refractivity contribution is 7.85. The van der Waals surface area contributed by atoms with E-state index >= 15 is 0 Å². The zero-order valence-corrected chi connectivity index (χ0v) is 8.14. The first-order valence-corrected chi connectivity index (χ1v) is 5.22. The number of rotatable bonds is 3. The number of halogens is 2. The van der Waals surface area contributed by atoms with E-state index in [9.17, 15) is 16.7 Å². The van der Waals surface area contributed by atoms with E-state index in [1.54, 1.807) is 0 Å². The molecule has 0 bridgehead atoms. The highest BCUT2D eigenvalue weighted by Crippen LogP contribution is 2.18. The van der Waals surface area contributed by atoms with Crippen LogP contribution in [0.3, 0.4) is 0 Å². The van der Waals surface area contributed by atoms with Gasteiger partial charge in [-0.15, -0.1) is 3.89 Å². The van der Waals surface area contributed by atoms with Crippen molar-refractivity contribution in [3.63, 3.8) is 0 Å². The third kappa shape index (κ3) is 2.95. The lowest BCUT2D eigenvalue weighted by molar-refractivity contribution is 0.411. The van der Waals surface area contributed by atoms with Crippen LogP contribution in [0, 0.1) is 5.82 Å². The molecule has 0 heterocycles. The van der Waals surface area contributed by atoms with Crippen molar-refractivity contribution >= 4 is 10.2 Å². The Bertz CT molecular complexity index is 428. The molecule has 0 aliphatic rings. The highest BCUT2D eigenvalue weighted by atomic mass is 32.3. The Morgan fingerprint density at radius 2 is 2.07 bits per heavy atom. The van der Waals surface area contributed by atoms with E-state index in [4.69, 9.17) is 4.74 Å². The van der Waals surface area contributed by atoms with E-state index in [1.165, 1.54) is 19.2 Å². The number of methoxy groups -OCH3 is 1. The molecule has 0 saturated heterocycles. The predicted octanol–water partition coefficient (Wildman–Crippen LogP) is 1.63. The fourth-order valence-electron chi connectivity index (χ4n) is 0.958. The quantitative estimate of drug-likeness (QED) is 0.730. The normalized spacial score (nSPS) is 11.4. The van der Waals surface area contributed by atoms with Gasteiger partial charge in [0.15, 0.2) is 0 Å². The smallest absolute Gasteiger partial charge is 0.306 e. The van der Waals surface area contributed by atoms with Gasteiger partial charge in [-0.25, -0.2) is 4.39 Å². The van der Waals surface area contributed by atoms with Gasteiger partial charge in [0.1, 0.15) is 17.3 Å². The van der Waals surface area contributed by atoms with Crippen molar-refractivity contribution in [1.29, 1.82) is 0 Å². The topological polar surface area (TPSA) is 43.4 Å². The third-order valence-corrected chi connectivity index (χ3v) is 2.24. The molecule has 0 aliphatic carbocycles. The van der Waals surface area contributed by atoms with Crippen molar-refractivity contribution in [3.05, 3.63) is 29.6 Å². The molecule has 6 heteroatoms. The molecule has 78 valence electrons. The zero-order chi connectivity index (χ0) is 10.8. The fourth-order valence-corrected chi connectivity index (χ4v) is 1.56. The monoisotopic (exact) mass is 222 g/mol. The van der Waals surface area contributed by atoms with Crippen LogP contribution in [0.4, 0.5) is 8.28 Å². The van der Waals surface area contributed by atoms with Crippen LogP contribution in [-0.4, -0.2) is 15.5 Å². The average molecular weight is 222 g/mol. The second-order valence-electron chi connectivity index (χ2n) is 2.64. The van der Waals surface area contributed by atoms with E-state index in [2.05, 4.69) is 0 Å². The third-order valence-electron chi connectivity index (χ3n) is 1.59. The maximum Gasteiger partial charge on any atom is 0.306 e. The molecule has 0 radical (unpaired) electrons. The van der Waals surface area contributed by atoms with Crippen LogP contribution < -0.4 is 4.74 Å². The van der Waals surface area contributed by atoms with Crippen LogP contribution in [0.1, 0.15) is 5.56 Å². The van der Waals surface area contributed by atoms with Gasteiger partial charge < -0.3 is 4.74 Å². The SMILES string of the molecule is COc1ccc(CS(=O)(=O)F)c(F)c1. The Kier molecular flexibility index (Phi) is 3.05. The van der Waals surface area contributed by atoms with E-state index in [0.29, 0.717) is 0 Å². The summed E-state index contributed by atoms with van der Waals surface area (Å²) in [7, 11) is -3.35. The minimum atomic E-state index is -4.70. The molecular formula is C8H8F2O3S. The van der Waals surface area contributed by atoms with Crippen molar-refractivity contribution in [3.8, 4) is 5.75 Å². The van der Waals surface area contributed by atoms with Crippen LogP contribution in [0.5, 0.6) is 5.75 Å². The molecule has 3 nitrogen and oxygen atoms in total. The summed E-state index contributed by atoms with van der Waals surface area (Å²) in [6.07, 6.45) is 0. The summed E-state index contributed by atoms with van der Waals surface area (Å²) in [5, 5.41) is 0. The lowest BCUT2D eigenvalue weighted by Crippen LogP contribution is -1.99. The summed E-state index contributed by atoms with van der Waals surface area (Å²) in [5.74, 6) is -1.50. The van der Waals surface area contributed by atoms with Gasteiger partial charge in [0.05, 0.1) is 7.11 Å². The first-order valence-electron chi connectivity index (χ1n) is 3.67. The minimum Gasteiger partial charge on any atom is -0.497 e. The first kappa shape index (κ1) is 10.9. The van der Waals surface area contributed by atoms with Gasteiger partial charge in [0.2, 0.25) is 0 Å². The van der Waals surface area contributed by atoms with Crippen molar-refractivity contribution in [2.45, 2.75) is 5.75 Å². The summed E-state index contributed by atoms with van der Waals surface area (Å²) >= 11 is 0. The Hall–Kier alpha value is -1.17. The molecule has 1 rings (SSSR count). The van der Waals surface area contributed by atoms with Gasteiger partial charge in [-0.2, -0.15) is 8.42 Å². The Labute approximate surface area is 80.5 Å². The zero-order valence-electron chi connectivity index (χ0n) is 7.33. The largest absolute Gasteiger partial charge is 0.497 e. The number of ether oxygens (including phenoxy) is 1. The van der Waals surface area contributed by atoms with E-state index in [1.807, 2.05) is 0 Å². The van der Waals surface area contributed by atoms with Crippen molar-refractivity contribution in [1.82, 2.24) is 0 Å². The second kappa shape index (κ2) is 3.91. The van der Waals surface area contributed by atoms with Crippen molar-refractivity contribution < 1.29 is 21.4 Å². The maximum atomic E-state index is 13.1. The second-order valence-corrected chi connectivity index (χ2v) is 4.01. The van der Waals surface area contributed by atoms with E-state index in [-0.39, 0.29) is 11.3 Å². The molecule has 0 saturated carbocycles. The van der Waals surface area contributed by atoms with Gasteiger partial charge in [-0.05, 0) is 6.07 Å². The molecule has 0 N–H and O–H groups in total. The molecule has 14 heavy (non-hydrogen) atoms. The molecule has 0 fully saturated rings. The van der Waals surface area contributed by atoms with Crippen LogP contribution in [0.25, 0.3) is 0 Å². The number of benzene rings is 1. The van der Waals surface area contributed by atoms with Crippen LogP contribution >= 0.6 is 0 Å². The molecule has 1 aromatic rings. The lowest BCUT2D eigenvalue weighted by atomic mass is 10.2. The molecule has 0 aliphatic heterocycles. The number of hydrogen-bond acceptors (Lipinski definition) is 3. The molecule has 1 aromatic carbocycles. The summed E-state index contributed by atoms with van der Waals surface area (Å²) < 4.78 is 50.5. The fraction of sp³-hybridized carbons (Fsp3) is 0.250. The van der Waals surface area contributed by atoms with Crippen LogP contribution in [0.2, 0.25) is 0 Å². The maximum absolute atomic E-state index is 13.1. The minimum absolute atomic E-state index is 0.215. The summed E-state index contributed by atoms with van der Waals surface area (Å²) in [6.45, 7) is 0. The van der Waals surface area contributed by atoms with Crippen LogP contribution in [-0.2, 0) is 16.0 Å². The molecule has 0 atom stereocenters. The van der Waals surface area contributed by atoms with E-state index in [0.717, 1.165) is 6.07 Å². The van der Waals surface area contributed by atoms with Gasteiger partial charge >= 0.3 is 10.2 Å². The summed E-state index contributed by atoms with van der Waals surface area (Å²) in [6, 6.07) is 3.54. The van der Waals surface area contributed by atoms with E-state index < -0.39 is 21.8 Å². The molecule has 0 unspecified atom stereocenters. The highest BCUT2D eigenvalue weighted by Gasteiger charge is 2.13. The standard InChI is InChI=1S/C8H8F2O3S/c1-13-7-3-2-6(8(9)4-7)5-14(10,11)12/h2-4H,5H2,1H3. The Balaban J connectivity index is 3.01. The van der Waals surface area contributed by atoms with Gasteiger partial charge in [0, 0.05) is 11.6 Å². The van der Waals surface area contributed by atoms with Crippen molar-refractivity contribution in [2.75, 3.05) is 7.11 Å². The van der Waals surface area contributed by atoms with Crippen molar-refractivity contribution in [2.24, 2.45) is 0 Å². The Morgan fingerprint density at radius 3 is 2.50 bits per heavy atom. The summed E-state index contributed by atoms with van der Waals surface area (Å²) in [4.78, 5) is 0. The molecule has 0 amide bonds. The Morgan fingerprint density at radius 1 is 1.43 bits per heavy atom. The molecule has 0 aromatic heterocycles. The van der Waals surface area contributed by atoms with Crippen LogP contribution in [0.15, 0.2) is 18.2 Å². The summed E-state index contributed by atoms with van der Waals surface area (Å²) in [5.41, 5.74) is -0.215. The molecular weight excluding hydrogens is 214 g/mol. The van der Waals surface area contributed by atoms with Gasteiger partial charge in [0.25, 0.3) is 0 Å². The predicted molar refractivity (Wildman–Crippen MR) is 46.7 cm³/mol. The lowest BCUT2D eigenvalue weighted by Gasteiger charge is -2.02. The van der Waals surface area contributed by atoms with Gasteiger partial charge in [-0.1, -0.05) is 6.07 Å². The first-order chi connectivity index (χ1) is 6.42. The molecule has 0 spiro atoms.